The Balaban J connectivity index is 0. The maximum Gasteiger partial charge on any atom is 0.500 e. The van der Waals surface area contributed by atoms with Crippen molar-refractivity contribution in [2.24, 2.45) is 0 Å². The third-order valence-electron chi connectivity index (χ3n) is 7.56. The summed E-state index contributed by atoms with van der Waals surface area (Å²) in [6, 6.07) is 0.826. The van der Waals surface area contributed by atoms with Crippen molar-refractivity contribution in [1.29, 1.82) is 0 Å². The van der Waals surface area contributed by atoms with Crippen LogP contribution in [-0.2, 0) is 50.4 Å². The molecule has 282 valence electrons. The third kappa shape index (κ3) is 17.9. The normalized spacial score (nSPS) is 12.8. The Morgan fingerprint density at radius 1 is 0.596 bits per heavy atom. The molecule has 47 heavy (non-hydrogen) atoms. The molecule has 0 spiro atoms. The van der Waals surface area contributed by atoms with Gasteiger partial charge in [0.1, 0.15) is 0 Å². The van der Waals surface area contributed by atoms with Crippen molar-refractivity contribution in [1.82, 2.24) is 0 Å². The minimum atomic E-state index is -3.61. The summed E-state index contributed by atoms with van der Waals surface area (Å²) in [6.45, 7) is 4.93. The Morgan fingerprint density at radius 2 is 0.979 bits per heavy atom. The van der Waals surface area contributed by atoms with E-state index >= 15 is 4.39 Å². The first-order chi connectivity index (χ1) is 22.0. The minimum absolute atomic E-state index is 0.0128. The van der Waals surface area contributed by atoms with Crippen LogP contribution in [0.5, 0.6) is 0 Å². The van der Waals surface area contributed by atoms with Gasteiger partial charge in [-0.3, -0.25) is 14.0 Å². The van der Waals surface area contributed by atoms with Crippen molar-refractivity contribution in [3.63, 3.8) is 0 Å². The number of halogens is 4. The van der Waals surface area contributed by atoms with Gasteiger partial charge in [0.15, 0.2) is 0 Å². The number of carbonyl (C=O) groups is 2. The first kappa shape index (κ1) is 47.9. The average Bonchev–Trinajstić information content (AvgIpc) is 3.03. The van der Waals surface area contributed by atoms with Gasteiger partial charge in [-0.2, -0.15) is 13.2 Å². The molecule has 17 heteroatoms. The fourth-order valence-corrected chi connectivity index (χ4v) is 8.34. The highest BCUT2D eigenvalue weighted by Crippen LogP contribution is 2.42. The number of hydrogen-bond donors (Lipinski definition) is 0. The van der Waals surface area contributed by atoms with E-state index in [0.717, 1.165) is 6.92 Å². The van der Waals surface area contributed by atoms with E-state index in [4.69, 9.17) is 36.0 Å². The van der Waals surface area contributed by atoms with Crippen LogP contribution in [0, 0.1) is 0 Å². The van der Waals surface area contributed by atoms with Crippen LogP contribution in [0.25, 0.3) is 0 Å². The minimum Gasteiger partial charge on any atom is -0.450 e. The van der Waals surface area contributed by atoms with Crippen molar-refractivity contribution >= 4 is 29.5 Å². The molecule has 0 N–H and O–H groups in total. The van der Waals surface area contributed by atoms with Gasteiger partial charge in [0.25, 0.3) is 5.85 Å². The van der Waals surface area contributed by atoms with E-state index in [-0.39, 0.29) is 32.1 Å². The van der Waals surface area contributed by atoms with Crippen molar-refractivity contribution in [3.8, 4) is 0 Å². The second-order valence-electron chi connectivity index (χ2n) is 11.0. The van der Waals surface area contributed by atoms with Crippen LogP contribution in [-0.4, -0.2) is 103 Å². The van der Waals surface area contributed by atoms with Crippen LogP contribution in [0.15, 0.2) is 0 Å². The van der Waals surface area contributed by atoms with Gasteiger partial charge in [-0.05, 0) is 44.9 Å². The number of carbonyl (C=O) groups excluding carboxylic acids is 2. The van der Waals surface area contributed by atoms with Gasteiger partial charge >= 0.3 is 35.7 Å². The summed E-state index contributed by atoms with van der Waals surface area (Å²) >= 11 is 0. The summed E-state index contributed by atoms with van der Waals surface area (Å²) in [7, 11) is 3.40. The van der Waals surface area contributed by atoms with Crippen LogP contribution in [0.2, 0.25) is 12.1 Å². The lowest BCUT2D eigenvalue weighted by Gasteiger charge is -2.39. The first-order valence-corrected chi connectivity index (χ1v) is 19.9. The molecule has 0 aromatic rings. The van der Waals surface area contributed by atoms with Crippen LogP contribution in [0.1, 0.15) is 98.3 Å². The highest BCUT2D eigenvalue weighted by atomic mass is 28.4. The molecule has 0 radical (unpaired) electrons. The predicted octanol–water partition coefficient (Wildman–Crippen LogP) is 7.17. The van der Waals surface area contributed by atoms with E-state index in [1.165, 1.54) is 49.6 Å². The Kier molecular flexibility index (Phi) is 25.4. The predicted molar refractivity (Wildman–Crippen MR) is 172 cm³/mol. The lowest BCUT2D eigenvalue weighted by atomic mass is 9.89. The highest BCUT2D eigenvalue weighted by molar-refractivity contribution is 6.60. The van der Waals surface area contributed by atoms with Crippen molar-refractivity contribution in [3.05, 3.63) is 0 Å². The fourth-order valence-electron chi connectivity index (χ4n) is 4.90. The molecular weight excluding hydrogens is 668 g/mol. The molecule has 0 atom stereocenters. The molecule has 0 aliphatic heterocycles. The zero-order chi connectivity index (χ0) is 36.6. The maximum atomic E-state index is 15.2. The molecule has 0 aliphatic carbocycles. The average molecular weight is 729 g/mol. The molecule has 0 heterocycles. The zero-order valence-electron chi connectivity index (χ0n) is 30.1. The summed E-state index contributed by atoms with van der Waals surface area (Å²) < 4.78 is 103. The molecule has 0 aliphatic rings. The molecule has 0 rings (SSSR count). The molecule has 0 saturated heterocycles. The van der Waals surface area contributed by atoms with Gasteiger partial charge in [0.05, 0.1) is 13.3 Å². The number of ether oxygens (including phenoxy) is 3. The van der Waals surface area contributed by atoms with Gasteiger partial charge in [0.2, 0.25) is 5.60 Å². The Hall–Kier alpha value is -1.19. The van der Waals surface area contributed by atoms with E-state index in [9.17, 15) is 22.8 Å². The van der Waals surface area contributed by atoms with Crippen LogP contribution in [0.3, 0.4) is 0 Å². The van der Waals surface area contributed by atoms with Gasteiger partial charge in [-0.1, -0.05) is 26.7 Å². The Labute approximate surface area is 281 Å². The van der Waals surface area contributed by atoms with Crippen molar-refractivity contribution < 1.29 is 67.9 Å². The summed E-state index contributed by atoms with van der Waals surface area (Å²) in [5.74, 6) is -3.51. The largest absolute Gasteiger partial charge is 0.500 e. The molecule has 0 saturated carbocycles. The molecule has 0 fully saturated rings. The lowest BCUT2D eigenvalue weighted by molar-refractivity contribution is -0.336. The van der Waals surface area contributed by atoms with Crippen molar-refractivity contribution in [2.45, 2.75) is 128 Å². The third-order valence-corrected chi connectivity index (χ3v) is 13.2. The second kappa shape index (κ2) is 24.9. The molecule has 11 nitrogen and oxygen atoms in total. The Morgan fingerprint density at radius 3 is 1.28 bits per heavy atom. The summed E-state index contributed by atoms with van der Waals surface area (Å²) in [5.41, 5.74) is -1.96. The van der Waals surface area contributed by atoms with E-state index in [2.05, 4.69) is 4.74 Å². The number of alkyl halides is 4. The van der Waals surface area contributed by atoms with E-state index in [1.807, 2.05) is 13.8 Å². The molecule has 0 aromatic heterocycles. The maximum absolute atomic E-state index is 15.2. The van der Waals surface area contributed by atoms with Gasteiger partial charge in [-0.25, -0.2) is 0 Å². The van der Waals surface area contributed by atoms with E-state index in [1.54, 1.807) is 0 Å². The number of hydrogen-bond acceptors (Lipinski definition) is 11. The topological polar surface area (TPSA) is 117 Å². The van der Waals surface area contributed by atoms with E-state index < -0.39 is 60.4 Å². The SMILES string of the molecule is CCCCC(CCCC)(OC(C)=O)C(F)(F)OCCCF.CO[Si](CCCC(F)(CCC[Si](OC)(OC)OC)OC(C)=O)(OC)OC. The second-order valence-corrected chi connectivity index (χ2v) is 17.2. The molecule has 0 amide bonds. The standard InChI is InChI=1S/C15H27F3O3.C15H33FO8Si2/c1-4-6-9-14(10-7-5-2,21-13(3)19)15(17,18)20-12-8-11-16;1-14(17)24-15(16,10-8-12-25(18-2,19-3)20-4)11-9-13-26(21-5,22-6)23-7/h4-12H2,1-3H3;8-13H2,1-7H3. The first-order valence-electron chi connectivity index (χ1n) is 16.0. The van der Waals surface area contributed by atoms with Crippen LogP contribution < -0.4 is 0 Å². The van der Waals surface area contributed by atoms with Gasteiger partial charge < -0.3 is 40.8 Å². The summed E-state index contributed by atoms with van der Waals surface area (Å²) in [5, 5.41) is 0. The van der Waals surface area contributed by atoms with E-state index in [0.29, 0.717) is 50.6 Å². The quantitative estimate of drug-likeness (QED) is 0.0371. The highest BCUT2D eigenvalue weighted by Gasteiger charge is 2.57. The Bertz CT molecular complexity index is 785. The summed E-state index contributed by atoms with van der Waals surface area (Å²) in [4.78, 5) is 22.6. The number of esters is 2. The number of unbranched alkanes of at least 4 members (excludes halogenated alkanes) is 2. The fraction of sp³-hybridized carbons (Fsp3) is 0.933. The van der Waals surface area contributed by atoms with Crippen LogP contribution in [0.4, 0.5) is 17.6 Å². The number of rotatable bonds is 27. The van der Waals surface area contributed by atoms with Crippen LogP contribution >= 0.6 is 0 Å². The summed E-state index contributed by atoms with van der Waals surface area (Å²) in [6.07, 6.45) is -0.454. The monoisotopic (exact) mass is 728 g/mol. The zero-order valence-corrected chi connectivity index (χ0v) is 32.1. The lowest BCUT2D eigenvalue weighted by Crippen LogP contribution is -2.53. The molecule has 0 unspecified atom stereocenters. The smallest absolute Gasteiger partial charge is 0.450 e. The van der Waals surface area contributed by atoms with Gasteiger partial charge in [-0.15, -0.1) is 0 Å². The molecular formula is C30H60F4O11Si2. The van der Waals surface area contributed by atoms with Gasteiger partial charge in [0, 0.05) is 81.4 Å². The molecule has 0 bridgehead atoms. The molecule has 0 aromatic carbocycles. The van der Waals surface area contributed by atoms with Crippen molar-refractivity contribution in [2.75, 3.05) is 55.9 Å².